The summed E-state index contributed by atoms with van der Waals surface area (Å²) in [4.78, 5) is 21.3. The molecule has 1 aliphatic rings. The molecule has 0 unspecified atom stereocenters. The van der Waals surface area contributed by atoms with Crippen LogP contribution >= 0.6 is 0 Å². The molecule has 1 aromatic heterocycles. The molecule has 5 nitrogen and oxygen atoms in total. The number of benzene rings is 3. The van der Waals surface area contributed by atoms with Gasteiger partial charge in [-0.3, -0.25) is 4.79 Å². The maximum absolute atomic E-state index is 13.5. The molecule has 0 bridgehead atoms. The predicted octanol–water partition coefficient (Wildman–Crippen LogP) is 5.65. The lowest BCUT2D eigenvalue weighted by Crippen LogP contribution is -2.48. The fourth-order valence-corrected chi connectivity index (χ4v) is 4.83. The molecule has 174 valence electrons. The van der Waals surface area contributed by atoms with E-state index in [4.69, 9.17) is 4.74 Å². The molecule has 1 N–H and O–H groups in total. The van der Waals surface area contributed by atoms with Crippen molar-refractivity contribution in [3.8, 4) is 11.5 Å². The first-order valence-electron chi connectivity index (χ1n) is 12.1. The van der Waals surface area contributed by atoms with Crippen molar-refractivity contribution < 1.29 is 9.53 Å². The molecule has 1 amide bonds. The summed E-state index contributed by atoms with van der Waals surface area (Å²) >= 11 is 0. The Morgan fingerprint density at radius 3 is 2.44 bits per heavy atom. The van der Waals surface area contributed by atoms with Gasteiger partial charge < -0.3 is 19.5 Å². The normalized spacial score (nSPS) is 15.4. The van der Waals surface area contributed by atoms with Gasteiger partial charge in [0.05, 0.1) is 0 Å². The van der Waals surface area contributed by atoms with Gasteiger partial charge in [-0.05, 0) is 48.0 Å². The fraction of sp³-hybridized carbons (Fsp3) is 0.276. The maximum Gasteiger partial charge on any atom is 0.223 e. The van der Waals surface area contributed by atoms with Crippen molar-refractivity contribution in [3.63, 3.8) is 0 Å². The van der Waals surface area contributed by atoms with Crippen LogP contribution in [0.1, 0.15) is 30.4 Å². The minimum absolute atomic E-state index is 0.0628. The van der Waals surface area contributed by atoms with Gasteiger partial charge in [-0.15, -0.1) is 0 Å². The van der Waals surface area contributed by atoms with E-state index < -0.39 is 0 Å². The van der Waals surface area contributed by atoms with E-state index in [0.717, 1.165) is 66.3 Å². The van der Waals surface area contributed by atoms with Gasteiger partial charge >= 0.3 is 0 Å². The zero-order valence-electron chi connectivity index (χ0n) is 19.6. The Labute approximate surface area is 201 Å². The summed E-state index contributed by atoms with van der Waals surface area (Å²) in [6.45, 7) is 6.69. The molecule has 5 heteroatoms. The Morgan fingerprint density at radius 1 is 0.912 bits per heavy atom. The third kappa shape index (κ3) is 4.85. The van der Waals surface area contributed by atoms with E-state index in [0.29, 0.717) is 6.42 Å². The number of para-hydroxylation sites is 2. The Bertz CT molecular complexity index is 1240. The second kappa shape index (κ2) is 10.1. The number of carbonyl (C=O) groups excluding carboxylic acids is 1. The largest absolute Gasteiger partial charge is 0.457 e. The third-order valence-electron chi connectivity index (χ3n) is 6.79. The summed E-state index contributed by atoms with van der Waals surface area (Å²) in [5.74, 6) is 1.72. The zero-order valence-corrected chi connectivity index (χ0v) is 19.6. The summed E-state index contributed by atoms with van der Waals surface area (Å²) in [6, 6.07) is 26.2. The minimum atomic E-state index is -0.0628. The van der Waals surface area contributed by atoms with Gasteiger partial charge in [0.2, 0.25) is 5.91 Å². The average Bonchev–Trinajstić information content (AvgIpc) is 3.32. The van der Waals surface area contributed by atoms with Crippen LogP contribution in [0.3, 0.4) is 0 Å². The first-order chi connectivity index (χ1) is 16.7. The highest BCUT2D eigenvalue weighted by Gasteiger charge is 2.26. The Hall–Kier alpha value is -3.57. The predicted molar refractivity (Wildman–Crippen MR) is 136 cm³/mol. The van der Waals surface area contributed by atoms with Gasteiger partial charge in [-0.1, -0.05) is 55.5 Å². The van der Waals surface area contributed by atoms with Gasteiger partial charge in [0.25, 0.3) is 0 Å². The Morgan fingerprint density at radius 2 is 1.65 bits per heavy atom. The van der Waals surface area contributed by atoms with E-state index in [2.05, 4.69) is 53.3 Å². The Balaban J connectivity index is 1.45. The minimum Gasteiger partial charge on any atom is -0.457 e. The number of aromatic nitrogens is 1. The first-order valence-corrected chi connectivity index (χ1v) is 12.1. The van der Waals surface area contributed by atoms with Crippen LogP contribution in [-0.2, 0) is 4.79 Å². The lowest BCUT2D eigenvalue weighted by Gasteiger charge is -2.35. The number of amides is 1. The van der Waals surface area contributed by atoms with Crippen molar-refractivity contribution in [2.45, 2.75) is 19.3 Å². The number of hydrogen-bond donors (Lipinski definition) is 1. The summed E-state index contributed by atoms with van der Waals surface area (Å²) in [7, 11) is 0. The van der Waals surface area contributed by atoms with Crippen molar-refractivity contribution in [1.29, 1.82) is 0 Å². The molecule has 4 aromatic rings. The highest BCUT2D eigenvalue weighted by Crippen LogP contribution is 2.36. The molecule has 1 aliphatic heterocycles. The number of likely N-dealkylation sites (N-methyl/N-ethyl adjacent to an activating group) is 1. The number of nitrogens with one attached hydrogen (secondary N) is 1. The third-order valence-corrected chi connectivity index (χ3v) is 6.79. The average molecular weight is 454 g/mol. The van der Waals surface area contributed by atoms with Gasteiger partial charge in [-0.2, -0.15) is 0 Å². The summed E-state index contributed by atoms with van der Waals surface area (Å²) < 4.78 is 6.11. The molecule has 1 saturated heterocycles. The summed E-state index contributed by atoms with van der Waals surface area (Å²) in [6.07, 6.45) is 2.49. The molecule has 2 heterocycles. The number of aromatic amines is 1. The van der Waals surface area contributed by atoms with Crippen LogP contribution in [0, 0.1) is 0 Å². The highest BCUT2D eigenvalue weighted by molar-refractivity contribution is 5.86. The standard InChI is InChI=1S/C29H31N3O2/c1-2-31-15-17-32(18-16-31)29(33)20-26(27-21-30-28-14-7-6-13-25(27)28)22-9-8-12-24(19-22)34-23-10-4-3-5-11-23/h3-14,19,21,26,30H,2,15-18,20H2,1H3/t26-/m0/s1. The van der Waals surface area contributed by atoms with Crippen LogP contribution in [0.15, 0.2) is 85.1 Å². The van der Waals surface area contributed by atoms with Crippen molar-refractivity contribution in [3.05, 3.63) is 96.2 Å². The number of ether oxygens (including phenoxy) is 1. The van der Waals surface area contributed by atoms with Crippen LogP contribution < -0.4 is 4.74 Å². The number of H-pyrrole nitrogens is 1. The van der Waals surface area contributed by atoms with E-state index in [9.17, 15) is 4.79 Å². The van der Waals surface area contributed by atoms with Crippen LogP contribution in [-0.4, -0.2) is 53.4 Å². The number of piperazine rings is 1. The van der Waals surface area contributed by atoms with Gasteiger partial charge in [-0.25, -0.2) is 0 Å². The topological polar surface area (TPSA) is 48.6 Å². The molecule has 0 spiro atoms. The van der Waals surface area contributed by atoms with Gasteiger partial charge in [0.15, 0.2) is 0 Å². The lowest BCUT2D eigenvalue weighted by molar-refractivity contribution is -0.133. The number of fused-ring (bicyclic) bond motifs is 1. The van der Waals surface area contributed by atoms with E-state index in [1.807, 2.05) is 53.4 Å². The highest BCUT2D eigenvalue weighted by atomic mass is 16.5. The molecule has 3 aromatic carbocycles. The zero-order chi connectivity index (χ0) is 23.3. The second-order valence-electron chi connectivity index (χ2n) is 8.85. The summed E-state index contributed by atoms with van der Waals surface area (Å²) in [5, 5.41) is 1.16. The summed E-state index contributed by atoms with van der Waals surface area (Å²) in [5.41, 5.74) is 3.31. The molecule has 1 fully saturated rings. The number of rotatable bonds is 7. The van der Waals surface area contributed by atoms with Crippen LogP contribution in [0.4, 0.5) is 0 Å². The number of carbonyl (C=O) groups is 1. The molecule has 34 heavy (non-hydrogen) atoms. The van der Waals surface area contributed by atoms with E-state index in [1.54, 1.807) is 0 Å². The van der Waals surface area contributed by atoms with E-state index in [1.165, 1.54) is 0 Å². The molecule has 0 radical (unpaired) electrons. The molecule has 0 saturated carbocycles. The molecular formula is C29H31N3O2. The van der Waals surface area contributed by atoms with E-state index in [-0.39, 0.29) is 11.8 Å². The maximum atomic E-state index is 13.5. The van der Waals surface area contributed by atoms with Crippen molar-refractivity contribution in [1.82, 2.24) is 14.8 Å². The molecular weight excluding hydrogens is 422 g/mol. The second-order valence-corrected chi connectivity index (χ2v) is 8.85. The first kappa shape index (κ1) is 22.2. The lowest BCUT2D eigenvalue weighted by atomic mass is 9.87. The van der Waals surface area contributed by atoms with Crippen molar-refractivity contribution in [2.75, 3.05) is 32.7 Å². The smallest absolute Gasteiger partial charge is 0.223 e. The number of nitrogens with zero attached hydrogens (tertiary/aromatic N) is 2. The van der Waals surface area contributed by atoms with Crippen molar-refractivity contribution >= 4 is 16.8 Å². The quantitative estimate of drug-likeness (QED) is 0.394. The fourth-order valence-electron chi connectivity index (χ4n) is 4.83. The monoisotopic (exact) mass is 453 g/mol. The van der Waals surface area contributed by atoms with Gasteiger partial charge in [0, 0.05) is 55.6 Å². The number of hydrogen-bond acceptors (Lipinski definition) is 3. The molecule has 5 rings (SSSR count). The van der Waals surface area contributed by atoms with Crippen LogP contribution in [0.25, 0.3) is 10.9 Å². The Kier molecular flexibility index (Phi) is 6.63. The molecule has 1 atom stereocenters. The SMILES string of the molecule is CCN1CCN(C(=O)C[C@@H](c2cccc(Oc3ccccc3)c2)c2c[nH]c3ccccc23)CC1. The van der Waals surface area contributed by atoms with Crippen molar-refractivity contribution in [2.24, 2.45) is 0 Å². The van der Waals surface area contributed by atoms with Crippen LogP contribution in [0.5, 0.6) is 11.5 Å². The van der Waals surface area contributed by atoms with Gasteiger partial charge in [0.1, 0.15) is 11.5 Å². The molecule has 0 aliphatic carbocycles. The van der Waals surface area contributed by atoms with Crippen LogP contribution in [0.2, 0.25) is 0 Å². The van der Waals surface area contributed by atoms with E-state index >= 15 is 0 Å².